The fourth-order valence-electron chi connectivity index (χ4n) is 2.19. The van der Waals surface area contributed by atoms with Crippen LogP contribution in [0.4, 0.5) is 13.2 Å². The number of benzene rings is 1. The number of hydrogen-bond acceptors (Lipinski definition) is 5. The lowest BCUT2D eigenvalue weighted by molar-refractivity contribution is -0.144. The molecule has 0 N–H and O–H groups in total. The van der Waals surface area contributed by atoms with E-state index in [1.807, 2.05) is 0 Å². The molecule has 2 aromatic heterocycles. The van der Waals surface area contributed by atoms with Gasteiger partial charge in [0, 0.05) is 17.8 Å². The molecular formula is C14H11F3N4O2. The van der Waals surface area contributed by atoms with Gasteiger partial charge in [-0.25, -0.2) is 14.6 Å². The summed E-state index contributed by atoms with van der Waals surface area (Å²) >= 11 is 0. The molecule has 1 aromatic carbocycles. The van der Waals surface area contributed by atoms with Crippen molar-refractivity contribution in [1.29, 1.82) is 0 Å². The Morgan fingerprint density at radius 2 is 1.87 bits per heavy atom. The molecule has 3 aromatic rings. The zero-order chi connectivity index (χ0) is 16.6. The van der Waals surface area contributed by atoms with Crippen LogP contribution in [0, 0.1) is 0 Å². The number of nitrogens with zero attached hydrogens (tertiary/aromatic N) is 4. The molecule has 2 heterocycles. The predicted molar refractivity (Wildman–Crippen MR) is 74.8 cm³/mol. The van der Waals surface area contributed by atoms with E-state index in [1.54, 1.807) is 18.2 Å². The molecule has 0 aliphatic rings. The molecule has 6 nitrogen and oxygen atoms in total. The average Bonchev–Trinajstić information content (AvgIpc) is 3.05. The fourth-order valence-corrected chi connectivity index (χ4v) is 2.19. The van der Waals surface area contributed by atoms with E-state index in [2.05, 4.69) is 15.1 Å². The van der Waals surface area contributed by atoms with E-state index in [4.69, 9.17) is 9.47 Å². The van der Waals surface area contributed by atoms with Crippen LogP contribution in [-0.2, 0) is 6.18 Å². The number of fused-ring (bicyclic) bond motifs is 1. The van der Waals surface area contributed by atoms with Gasteiger partial charge in [0.2, 0.25) is 5.82 Å². The Hall–Kier alpha value is -2.84. The van der Waals surface area contributed by atoms with E-state index in [0.29, 0.717) is 5.39 Å². The van der Waals surface area contributed by atoms with Gasteiger partial charge in [0.05, 0.1) is 14.2 Å². The summed E-state index contributed by atoms with van der Waals surface area (Å²) in [6, 6.07) is 4.72. The lowest BCUT2D eigenvalue weighted by atomic mass is 10.2. The van der Waals surface area contributed by atoms with Crippen molar-refractivity contribution >= 4 is 10.9 Å². The van der Waals surface area contributed by atoms with Gasteiger partial charge in [-0.2, -0.15) is 18.3 Å². The number of halogens is 3. The summed E-state index contributed by atoms with van der Waals surface area (Å²) in [7, 11) is 2.73. The first-order chi connectivity index (χ1) is 11.0. The quantitative estimate of drug-likeness (QED) is 0.741. The van der Waals surface area contributed by atoms with Gasteiger partial charge in [0.15, 0.2) is 17.3 Å². The standard InChI is InChI=1S/C14H11F3N4O2/c1-22-9-5-4-8-10(11(9)23-2)19-13(14(15,16)17)20-12(8)21-7-3-6-18-21/h3-7H,1-2H3. The van der Waals surface area contributed by atoms with Crippen molar-refractivity contribution < 1.29 is 22.6 Å². The Morgan fingerprint density at radius 3 is 2.43 bits per heavy atom. The molecule has 0 unspecified atom stereocenters. The molecule has 0 spiro atoms. The van der Waals surface area contributed by atoms with Gasteiger partial charge in [0.1, 0.15) is 5.52 Å². The van der Waals surface area contributed by atoms with Gasteiger partial charge in [-0.3, -0.25) is 0 Å². The second-order valence-corrected chi connectivity index (χ2v) is 4.52. The smallest absolute Gasteiger partial charge is 0.451 e. The van der Waals surface area contributed by atoms with E-state index >= 15 is 0 Å². The highest BCUT2D eigenvalue weighted by atomic mass is 19.4. The maximum Gasteiger partial charge on any atom is 0.451 e. The lowest BCUT2D eigenvalue weighted by Gasteiger charge is -2.14. The van der Waals surface area contributed by atoms with E-state index in [9.17, 15) is 13.2 Å². The first-order valence-electron chi connectivity index (χ1n) is 6.45. The molecule has 9 heteroatoms. The molecule has 0 saturated carbocycles. The van der Waals surface area contributed by atoms with Gasteiger partial charge < -0.3 is 9.47 Å². The zero-order valence-electron chi connectivity index (χ0n) is 12.1. The number of ether oxygens (including phenoxy) is 2. The number of methoxy groups -OCH3 is 2. The maximum atomic E-state index is 13.1. The third-order valence-corrected chi connectivity index (χ3v) is 3.16. The molecule has 3 rings (SSSR count). The number of alkyl halides is 3. The van der Waals surface area contributed by atoms with Crippen LogP contribution in [0.3, 0.4) is 0 Å². The molecule has 23 heavy (non-hydrogen) atoms. The molecule has 0 saturated heterocycles. The summed E-state index contributed by atoms with van der Waals surface area (Å²) in [5.41, 5.74) is -0.000301. The first-order valence-corrected chi connectivity index (χ1v) is 6.45. The summed E-state index contributed by atoms with van der Waals surface area (Å²) in [6.07, 6.45) is -1.76. The van der Waals surface area contributed by atoms with Gasteiger partial charge in [-0.1, -0.05) is 0 Å². The molecule has 0 radical (unpaired) electrons. The Balaban J connectivity index is 2.42. The summed E-state index contributed by atoms with van der Waals surface area (Å²) < 4.78 is 50.9. The largest absolute Gasteiger partial charge is 0.493 e. The average molecular weight is 324 g/mol. The summed E-state index contributed by atoms with van der Waals surface area (Å²) in [5.74, 6) is -0.889. The molecule has 120 valence electrons. The minimum Gasteiger partial charge on any atom is -0.493 e. The van der Waals surface area contributed by atoms with Gasteiger partial charge in [0.25, 0.3) is 0 Å². The van der Waals surface area contributed by atoms with E-state index < -0.39 is 12.0 Å². The summed E-state index contributed by atoms with van der Waals surface area (Å²) in [4.78, 5) is 7.23. The van der Waals surface area contributed by atoms with Crippen LogP contribution in [0.15, 0.2) is 30.6 Å². The van der Waals surface area contributed by atoms with Crippen molar-refractivity contribution in [2.75, 3.05) is 14.2 Å². The molecule has 0 bridgehead atoms. The van der Waals surface area contributed by atoms with E-state index in [0.717, 1.165) is 0 Å². The van der Waals surface area contributed by atoms with Gasteiger partial charge in [-0.15, -0.1) is 0 Å². The van der Waals surface area contributed by atoms with Crippen LogP contribution in [-0.4, -0.2) is 34.0 Å². The minimum absolute atomic E-state index is 0.000301. The van der Waals surface area contributed by atoms with Crippen LogP contribution in [0.25, 0.3) is 16.7 Å². The van der Waals surface area contributed by atoms with Crippen molar-refractivity contribution in [3.05, 3.63) is 36.4 Å². The molecule has 0 fully saturated rings. The highest BCUT2D eigenvalue weighted by Gasteiger charge is 2.36. The van der Waals surface area contributed by atoms with Crippen molar-refractivity contribution in [1.82, 2.24) is 19.7 Å². The Kier molecular flexibility index (Phi) is 3.55. The van der Waals surface area contributed by atoms with Crippen molar-refractivity contribution in [3.8, 4) is 17.3 Å². The normalized spacial score (nSPS) is 11.7. The van der Waals surface area contributed by atoms with Gasteiger partial charge in [-0.05, 0) is 18.2 Å². The molecule has 0 aliphatic carbocycles. The predicted octanol–water partition coefficient (Wildman–Crippen LogP) is 2.85. The zero-order valence-corrected chi connectivity index (χ0v) is 12.1. The van der Waals surface area contributed by atoms with Crippen molar-refractivity contribution in [3.63, 3.8) is 0 Å². The number of hydrogen-bond donors (Lipinski definition) is 0. The van der Waals surface area contributed by atoms with E-state index in [1.165, 1.54) is 31.3 Å². The van der Waals surface area contributed by atoms with Crippen LogP contribution < -0.4 is 9.47 Å². The maximum absolute atomic E-state index is 13.1. The molecule has 0 atom stereocenters. The SMILES string of the molecule is COc1ccc2c(-n3cccn3)nc(C(F)(F)F)nc2c1OC. The van der Waals surface area contributed by atoms with E-state index in [-0.39, 0.29) is 22.8 Å². The highest BCUT2D eigenvalue weighted by molar-refractivity contribution is 5.92. The molecule has 0 amide bonds. The number of rotatable bonds is 3. The van der Waals surface area contributed by atoms with Crippen molar-refractivity contribution in [2.45, 2.75) is 6.18 Å². The second-order valence-electron chi connectivity index (χ2n) is 4.52. The lowest BCUT2D eigenvalue weighted by Crippen LogP contribution is -2.14. The Morgan fingerprint density at radius 1 is 1.09 bits per heavy atom. The topological polar surface area (TPSA) is 62.1 Å². The summed E-state index contributed by atoms with van der Waals surface area (Å²) in [6.45, 7) is 0. The summed E-state index contributed by atoms with van der Waals surface area (Å²) in [5, 5.41) is 4.31. The van der Waals surface area contributed by atoms with Crippen LogP contribution in [0.1, 0.15) is 5.82 Å². The third-order valence-electron chi connectivity index (χ3n) is 3.16. The highest BCUT2D eigenvalue weighted by Crippen LogP contribution is 2.38. The second kappa shape index (κ2) is 5.41. The van der Waals surface area contributed by atoms with Crippen LogP contribution >= 0.6 is 0 Å². The Bertz CT molecular complexity index is 847. The van der Waals surface area contributed by atoms with Crippen molar-refractivity contribution in [2.24, 2.45) is 0 Å². The third kappa shape index (κ3) is 2.54. The number of aromatic nitrogens is 4. The Labute approximate surface area is 128 Å². The monoisotopic (exact) mass is 324 g/mol. The van der Waals surface area contributed by atoms with Crippen LogP contribution in [0.2, 0.25) is 0 Å². The first kappa shape index (κ1) is 15.1. The minimum atomic E-state index is -4.70. The fraction of sp³-hybridized carbons (Fsp3) is 0.214. The molecule has 0 aliphatic heterocycles. The van der Waals surface area contributed by atoms with Crippen LogP contribution in [0.5, 0.6) is 11.5 Å². The molecular weight excluding hydrogens is 313 g/mol. The van der Waals surface area contributed by atoms with Gasteiger partial charge >= 0.3 is 6.18 Å².